The van der Waals surface area contributed by atoms with Gasteiger partial charge in [-0.1, -0.05) is 0 Å². The second-order valence-corrected chi connectivity index (χ2v) is 2.74. The van der Waals surface area contributed by atoms with Crippen LogP contribution in [0.25, 0.3) is 0 Å². The number of carboxylic acid groups (broad SMARTS) is 1. The molecule has 11 heteroatoms. The number of hydrogen-bond acceptors (Lipinski definition) is 4. The fourth-order valence-corrected chi connectivity index (χ4v) is 0.582. The van der Waals surface area contributed by atoms with Crippen LogP contribution in [0.1, 0.15) is 8.56 Å². The standard InChI is InChI=1S/C4H5O7P.3Ca.6H/c5-3(6)1-2-4(7)11-12(8,9)10;;;;;;;;;/h1-2H,(H,5,6)(H2,8,9,10);;;;;;;;;/q;3*+2;6*-1/b2-1+;;;;;;;;;. The van der Waals surface area contributed by atoms with Gasteiger partial charge in [0.15, 0.2) is 0 Å². The summed E-state index contributed by atoms with van der Waals surface area (Å²) in [6.07, 6.45) is 0.791. The molecule has 0 aliphatic heterocycles. The van der Waals surface area contributed by atoms with Crippen LogP contribution in [0.4, 0.5) is 0 Å². The molecule has 0 aliphatic rings. The van der Waals surface area contributed by atoms with Crippen molar-refractivity contribution in [2.24, 2.45) is 0 Å². The van der Waals surface area contributed by atoms with E-state index in [0.717, 1.165) is 0 Å². The number of phosphoric ester groups is 1. The van der Waals surface area contributed by atoms with Crippen molar-refractivity contribution in [3.05, 3.63) is 12.2 Å². The molecule has 0 spiro atoms. The first-order valence-electron chi connectivity index (χ1n) is 2.51. The zero-order valence-corrected chi connectivity index (χ0v) is 15.2. The Labute approximate surface area is 184 Å². The summed E-state index contributed by atoms with van der Waals surface area (Å²) in [6.45, 7) is 0. The van der Waals surface area contributed by atoms with Crippen molar-refractivity contribution in [2.45, 2.75) is 0 Å². The molecule has 0 aromatic heterocycles. The Balaban J connectivity index is -0.0000000168. The Morgan fingerprint density at radius 3 is 1.80 bits per heavy atom. The molecule has 3 N–H and O–H groups in total. The molecule has 0 amide bonds. The summed E-state index contributed by atoms with van der Waals surface area (Å²) in [5.41, 5.74) is 0. The van der Waals surface area contributed by atoms with E-state index in [2.05, 4.69) is 4.52 Å². The van der Waals surface area contributed by atoms with Gasteiger partial charge in [-0.05, 0) is 0 Å². The number of phosphoric acid groups is 1. The predicted molar refractivity (Wildman–Crippen MR) is 58.8 cm³/mol. The number of hydrogen-bond donors (Lipinski definition) is 3. The van der Waals surface area contributed by atoms with Crippen LogP contribution in [0, 0.1) is 0 Å². The van der Waals surface area contributed by atoms with Gasteiger partial charge in [-0.2, -0.15) is 0 Å². The number of aliphatic carboxylic acids is 1. The molecule has 0 atom stereocenters. The van der Waals surface area contributed by atoms with Crippen LogP contribution in [-0.4, -0.2) is 140 Å². The first-order chi connectivity index (χ1) is 5.31. The smallest absolute Gasteiger partial charge is 1.00 e. The van der Waals surface area contributed by atoms with E-state index in [1.807, 2.05) is 0 Å². The summed E-state index contributed by atoms with van der Waals surface area (Å²) in [6, 6.07) is 0. The maximum absolute atomic E-state index is 10.3. The van der Waals surface area contributed by atoms with Crippen LogP contribution < -0.4 is 0 Å². The minimum atomic E-state index is -4.88. The molecule has 0 unspecified atom stereocenters. The van der Waals surface area contributed by atoms with Crippen molar-refractivity contribution < 1.29 is 42.1 Å². The minimum Gasteiger partial charge on any atom is -1.00 e. The van der Waals surface area contributed by atoms with Gasteiger partial charge in [0.05, 0.1) is 0 Å². The predicted octanol–water partition coefficient (Wildman–Crippen LogP) is -1.20. The van der Waals surface area contributed by atoms with E-state index < -0.39 is 19.8 Å². The van der Waals surface area contributed by atoms with Crippen LogP contribution >= 0.6 is 7.82 Å². The Morgan fingerprint density at radius 1 is 1.13 bits per heavy atom. The second-order valence-electron chi connectivity index (χ2n) is 1.57. The van der Waals surface area contributed by atoms with Crippen molar-refractivity contribution in [2.75, 3.05) is 0 Å². The zero-order valence-electron chi connectivity index (χ0n) is 13.7. The van der Waals surface area contributed by atoms with Crippen molar-refractivity contribution in [1.29, 1.82) is 0 Å². The maximum atomic E-state index is 10.3. The summed E-state index contributed by atoms with van der Waals surface area (Å²) in [5.74, 6) is -2.83. The van der Waals surface area contributed by atoms with Gasteiger partial charge in [-0.3, -0.25) is 9.79 Å². The first-order valence-corrected chi connectivity index (χ1v) is 4.04. The van der Waals surface area contributed by atoms with E-state index in [9.17, 15) is 14.2 Å². The van der Waals surface area contributed by atoms with E-state index in [-0.39, 0.29) is 122 Å². The van der Waals surface area contributed by atoms with Gasteiger partial charge in [0.2, 0.25) is 0 Å². The Bertz CT molecular complexity index is 290. The maximum Gasteiger partial charge on any atom is 2.00 e. The SMILES string of the molecule is O=C(O)/C=C/C(=O)OP(=O)(O)O.[Ca+2].[Ca+2].[Ca+2].[H-].[H-].[H-].[H-].[H-].[H-]. The number of carbonyl (C=O) groups excluding carboxylic acids is 1. The van der Waals surface area contributed by atoms with Crippen molar-refractivity contribution in [3.8, 4) is 0 Å². The molecular formula is C4H11Ca3O7P. The molecule has 0 saturated carbocycles. The van der Waals surface area contributed by atoms with Gasteiger partial charge in [0.1, 0.15) is 0 Å². The number of carboxylic acids is 1. The van der Waals surface area contributed by atoms with Crippen LogP contribution in [0.5, 0.6) is 0 Å². The third kappa shape index (κ3) is 22.3. The summed E-state index contributed by atoms with van der Waals surface area (Å²) >= 11 is 0. The van der Waals surface area contributed by atoms with E-state index >= 15 is 0 Å². The van der Waals surface area contributed by atoms with Crippen LogP contribution in [0.2, 0.25) is 0 Å². The molecule has 0 rings (SSSR count). The Morgan fingerprint density at radius 2 is 1.53 bits per heavy atom. The summed E-state index contributed by atoms with van der Waals surface area (Å²) in [5, 5.41) is 7.97. The minimum absolute atomic E-state index is 0. The van der Waals surface area contributed by atoms with E-state index in [4.69, 9.17) is 14.9 Å². The van der Waals surface area contributed by atoms with Gasteiger partial charge in [0, 0.05) is 12.2 Å². The quantitative estimate of drug-likeness (QED) is 0.339. The second kappa shape index (κ2) is 13.1. The molecule has 0 saturated heterocycles. The van der Waals surface area contributed by atoms with Gasteiger partial charge >= 0.3 is 133 Å². The molecule has 0 fully saturated rings. The molecule has 15 heavy (non-hydrogen) atoms. The molecule has 0 aromatic rings. The average Bonchev–Trinajstić information content (AvgIpc) is 1.79. The molecule has 0 aromatic carbocycles. The van der Waals surface area contributed by atoms with E-state index in [1.54, 1.807) is 0 Å². The first kappa shape index (κ1) is 26.2. The van der Waals surface area contributed by atoms with Crippen molar-refractivity contribution >= 4 is 133 Å². The van der Waals surface area contributed by atoms with Gasteiger partial charge in [0.25, 0.3) is 0 Å². The Kier molecular flexibility index (Phi) is 22.8. The van der Waals surface area contributed by atoms with Crippen LogP contribution in [0.3, 0.4) is 0 Å². The number of rotatable bonds is 3. The molecule has 80 valence electrons. The van der Waals surface area contributed by atoms with E-state index in [1.165, 1.54) is 0 Å². The monoisotopic (exact) mass is 322 g/mol. The largest absolute Gasteiger partial charge is 2.00 e. The third-order valence-corrected chi connectivity index (χ3v) is 0.989. The molecule has 7 nitrogen and oxygen atoms in total. The fraction of sp³-hybridized carbons (Fsp3) is 0. The molecule has 0 radical (unpaired) electrons. The van der Waals surface area contributed by atoms with Crippen LogP contribution in [-0.2, 0) is 18.7 Å². The molecule has 0 aliphatic carbocycles. The molecular weight excluding hydrogens is 311 g/mol. The van der Waals surface area contributed by atoms with E-state index in [0.29, 0.717) is 12.2 Å². The van der Waals surface area contributed by atoms with Crippen molar-refractivity contribution in [1.82, 2.24) is 0 Å². The fourth-order valence-electron chi connectivity index (χ4n) is 0.287. The summed E-state index contributed by atoms with van der Waals surface area (Å²) in [7, 11) is -4.88. The molecule has 0 heterocycles. The normalized spacial score (nSPS) is 9.20. The van der Waals surface area contributed by atoms with Crippen LogP contribution in [0.15, 0.2) is 12.2 Å². The summed E-state index contributed by atoms with van der Waals surface area (Å²) < 4.78 is 13.4. The third-order valence-electron chi connectivity index (χ3n) is 0.571. The zero-order chi connectivity index (χ0) is 9.78. The van der Waals surface area contributed by atoms with Gasteiger partial charge in [-0.15, -0.1) is 0 Å². The number of carbonyl (C=O) groups is 2. The Hall–Kier alpha value is 2.61. The summed E-state index contributed by atoms with van der Waals surface area (Å²) in [4.78, 5) is 36.2. The van der Waals surface area contributed by atoms with Gasteiger partial charge in [-0.25, -0.2) is 14.2 Å². The van der Waals surface area contributed by atoms with Crippen molar-refractivity contribution in [3.63, 3.8) is 0 Å². The average molecular weight is 322 g/mol. The topological polar surface area (TPSA) is 121 Å². The molecule has 0 bridgehead atoms. The van der Waals surface area contributed by atoms with Gasteiger partial charge < -0.3 is 18.2 Å².